The molecular weight excluding hydrogens is 415 g/mol. The van der Waals surface area contributed by atoms with Crippen LogP contribution in [-0.4, -0.2) is 60.7 Å². The van der Waals surface area contributed by atoms with E-state index in [0.29, 0.717) is 29.6 Å². The predicted octanol–water partition coefficient (Wildman–Crippen LogP) is 1.72. The van der Waals surface area contributed by atoms with E-state index in [9.17, 15) is 19.1 Å². The summed E-state index contributed by atoms with van der Waals surface area (Å²) in [6.45, 7) is 2.74. The molecule has 1 atom stereocenters. The number of carbonyl (C=O) groups is 2. The molecule has 2 aliphatic heterocycles. The van der Waals surface area contributed by atoms with Gasteiger partial charge in [0.25, 0.3) is 0 Å². The number of nitrogens with one attached hydrogen (secondary N) is 1. The molecule has 0 spiro atoms. The molecular formula is C18H19FN6O4S. The predicted molar refractivity (Wildman–Crippen MR) is 110 cm³/mol. The Morgan fingerprint density at radius 2 is 2.27 bits per heavy atom. The molecule has 4 rings (SSSR count). The van der Waals surface area contributed by atoms with Crippen molar-refractivity contribution in [1.82, 2.24) is 10.3 Å². The summed E-state index contributed by atoms with van der Waals surface area (Å²) >= 11 is 1.26. The van der Waals surface area contributed by atoms with E-state index in [2.05, 4.69) is 15.4 Å². The molecule has 30 heavy (non-hydrogen) atoms. The summed E-state index contributed by atoms with van der Waals surface area (Å²) in [5.41, 5.74) is 0.701. The second-order valence-electron chi connectivity index (χ2n) is 6.72. The van der Waals surface area contributed by atoms with Crippen molar-refractivity contribution in [1.29, 1.82) is 0 Å². The lowest BCUT2D eigenvalue weighted by molar-refractivity contribution is -0.119. The van der Waals surface area contributed by atoms with Crippen molar-refractivity contribution in [2.75, 3.05) is 41.0 Å². The van der Waals surface area contributed by atoms with Gasteiger partial charge < -0.3 is 20.1 Å². The van der Waals surface area contributed by atoms with Gasteiger partial charge in [0.2, 0.25) is 16.9 Å². The van der Waals surface area contributed by atoms with Crippen LogP contribution < -0.4 is 20.1 Å². The summed E-state index contributed by atoms with van der Waals surface area (Å²) in [4.78, 5) is 30.1. The van der Waals surface area contributed by atoms with Gasteiger partial charge in [-0.3, -0.25) is 9.69 Å². The summed E-state index contributed by atoms with van der Waals surface area (Å²) in [5, 5.41) is 19.9. The SMILES string of the molecule is CC(=O)NC[C@H]1CN(c2ccc(N3C=NN(c4nc(O)cs4)CC3)c(F)c2)C(=O)O1. The van der Waals surface area contributed by atoms with Crippen LogP contribution >= 0.6 is 11.3 Å². The third kappa shape index (κ3) is 4.13. The average Bonchev–Trinajstić information content (AvgIpc) is 3.32. The minimum Gasteiger partial charge on any atom is -0.493 e. The number of carbonyl (C=O) groups excluding carboxylic acids is 2. The first-order chi connectivity index (χ1) is 14.4. The van der Waals surface area contributed by atoms with Gasteiger partial charge in [-0.05, 0) is 18.2 Å². The Balaban J connectivity index is 1.44. The molecule has 1 aromatic heterocycles. The number of aromatic hydroxyl groups is 1. The zero-order valence-corrected chi connectivity index (χ0v) is 16.8. The summed E-state index contributed by atoms with van der Waals surface area (Å²) < 4.78 is 20.0. The fraction of sp³-hybridized carbons (Fsp3) is 0.333. The summed E-state index contributed by atoms with van der Waals surface area (Å²) in [5.74, 6) is -0.778. The minimum atomic E-state index is -0.584. The monoisotopic (exact) mass is 434 g/mol. The molecule has 2 N–H and O–H groups in total. The fourth-order valence-electron chi connectivity index (χ4n) is 3.14. The maximum Gasteiger partial charge on any atom is 0.414 e. The summed E-state index contributed by atoms with van der Waals surface area (Å²) in [6, 6.07) is 4.49. The van der Waals surface area contributed by atoms with E-state index >= 15 is 0 Å². The first kappa shape index (κ1) is 19.9. The van der Waals surface area contributed by atoms with Crippen LogP contribution in [0, 0.1) is 5.82 Å². The number of hydrogen-bond donors (Lipinski definition) is 2. The van der Waals surface area contributed by atoms with E-state index in [0.717, 1.165) is 0 Å². The van der Waals surface area contributed by atoms with Gasteiger partial charge in [-0.1, -0.05) is 11.3 Å². The molecule has 1 fully saturated rings. The summed E-state index contributed by atoms with van der Waals surface area (Å²) in [7, 11) is 0. The molecule has 12 heteroatoms. The molecule has 2 amide bonds. The van der Waals surface area contributed by atoms with Gasteiger partial charge in [0.15, 0.2) is 0 Å². The topological polar surface area (TPSA) is 111 Å². The van der Waals surface area contributed by atoms with Crippen LogP contribution in [-0.2, 0) is 9.53 Å². The fourth-order valence-corrected chi connectivity index (χ4v) is 3.81. The molecule has 2 aliphatic rings. The maximum absolute atomic E-state index is 14.8. The third-order valence-corrected chi connectivity index (χ3v) is 5.43. The second-order valence-corrected chi connectivity index (χ2v) is 7.56. The highest BCUT2D eigenvalue weighted by molar-refractivity contribution is 7.13. The normalized spacial score (nSPS) is 18.7. The van der Waals surface area contributed by atoms with Crippen molar-refractivity contribution < 1.29 is 23.8 Å². The van der Waals surface area contributed by atoms with Gasteiger partial charge in [0.1, 0.15) is 18.3 Å². The Kier molecular flexibility index (Phi) is 5.40. The smallest absolute Gasteiger partial charge is 0.414 e. The largest absolute Gasteiger partial charge is 0.493 e. The number of hydrazone groups is 1. The number of rotatable bonds is 5. The quantitative estimate of drug-likeness (QED) is 0.737. The lowest BCUT2D eigenvalue weighted by Crippen LogP contribution is -2.38. The van der Waals surface area contributed by atoms with Gasteiger partial charge in [-0.25, -0.2) is 14.2 Å². The highest BCUT2D eigenvalue weighted by Crippen LogP contribution is 2.29. The van der Waals surface area contributed by atoms with E-state index in [1.807, 2.05) is 0 Å². The van der Waals surface area contributed by atoms with E-state index in [-0.39, 0.29) is 24.9 Å². The molecule has 0 bridgehead atoms. The Labute approximate surface area is 175 Å². The maximum atomic E-state index is 14.8. The van der Waals surface area contributed by atoms with Gasteiger partial charge in [0.05, 0.1) is 36.4 Å². The highest BCUT2D eigenvalue weighted by atomic mass is 32.1. The van der Waals surface area contributed by atoms with Gasteiger partial charge >= 0.3 is 6.09 Å². The number of cyclic esters (lactones) is 1. The number of anilines is 3. The van der Waals surface area contributed by atoms with Crippen molar-refractivity contribution in [3.8, 4) is 5.88 Å². The number of ether oxygens (including phenoxy) is 1. The van der Waals surface area contributed by atoms with Crippen molar-refractivity contribution in [3.05, 3.63) is 29.4 Å². The molecule has 3 heterocycles. The molecule has 10 nitrogen and oxygen atoms in total. The van der Waals surface area contributed by atoms with E-state index in [4.69, 9.17) is 4.74 Å². The van der Waals surface area contributed by atoms with E-state index < -0.39 is 18.0 Å². The number of halogens is 1. The van der Waals surface area contributed by atoms with Gasteiger partial charge in [-0.2, -0.15) is 10.1 Å². The molecule has 0 saturated carbocycles. The van der Waals surface area contributed by atoms with Crippen LogP contribution in [0.25, 0.3) is 0 Å². The molecule has 0 aliphatic carbocycles. The van der Waals surface area contributed by atoms with Gasteiger partial charge in [0, 0.05) is 13.5 Å². The van der Waals surface area contributed by atoms with Crippen LogP contribution in [0.2, 0.25) is 0 Å². The Morgan fingerprint density at radius 1 is 1.43 bits per heavy atom. The van der Waals surface area contributed by atoms with Crippen LogP contribution in [0.4, 0.5) is 25.7 Å². The van der Waals surface area contributed by atoms with Crippen LogP contribution in [0.15, 0.2) is 28.7 Å². The Hall–Kier alpha value is -3.41. The van der Waals surface area contributed by atoms with Crippen molar-refractivity contribution in [2.24, 2.45) is 5.10 Å². The lowest BCUT2D eigenvalue weighted by atomic mass is 10.2. The summed E-state index contributed by atoms with van der Waals surface area (Å²) in [6.07, 6.45) is 0.419. The Morgan fingerprint density at radius 3 is 2.90 bits per heavy atom. The van der Waals surface area contributed by atoms with Crippen molar-refractivity contribution >= 4 is 46.2 Å². The van der Waals surface area contributed by atoms with E-state index in [1.165, 1.54) is 40.9 Å². The highest BCUT2D eigenvalue weighted by Gasteiger charge is 2.33. The van der Waals surface area contributed by atoms with Crippen LogP contribution in [0.5, 0.6) is 5.88 Å². The standard InChI is InChI=1S/C18H19FN6O4S/c1-11(26)20-7-13-8-24(18(28)29-13)12-2-3-15(14(19)6-12)23-4-5-25(21-10-23)17-22-16(27)9-30-17/h2-3,6,9-10,13,27H,4-5,7-8H2,1H3,(H,20,26)/t13-/m0/s1. The molecule has 0 unspecified atom stereocenters. The number of amides is 2. The number of hydrogen-bond acceptors (Lipinski definition) is 9. The zero-order valence-electron chi connectivity index (χ0n) is 16.0. The van der Waals surface area contributed by atoms with Crippen LogP contribution in [0.1, 0.15) is 6.92 Å². The minimum absolute atomic E-state index is 0.0611. The van der Waals surface area contributed by atoms with Crippen molar-refractivity contribution in [3.63, 3.8) is 0 Å². The number of nitrogens with zero attached hydrogens (tertiary/aromatic N) is 5. The molecule has 1 saturated heterocycles. The average molecular weight is 434 g/mol. The second kappa shape index (κ2) is 8.14. The lowest BCUT2D eigenvalue weighted by Gasteiger charge is -2.28. The van der Waals surface area contributed by atoms with Crippen LogP contribution in [0.3, 0.4) is 0 Å². The first-order valence-corrected chi connectivity index (χ1v) is 10.0. The molecule has 0 radical (unpaired) electrons. The van der Waals surface area contributed by atoms with Crippen molar-refractivity contribution in [2.45, 2.75) is 13.0 Å². The number of thiazole rings is 1. The molecule has 158 valence electrons. The number of benzene rings is 1. The zero-order chi connectivity index (χ0) is 21.3. The number of aromatic nitrogens is 1. The Bertz CT molecular complexity index is 999. The molecule has 1 aromatic carbocycles. The first-order valence-electron chi connectivity index (χ1n) is 9.15. The molecule has 2 aromatic rings. The van der Waals surface area contributed by atoms with Gasteiger partial charge in [-0.15, -0.1) is 0 Å². The van der Waals surface area contributed by atoms with E-state index in [1.54, 1.807) is 22.0 Å². The third-order valence-electron chi connectivity index (χ3n) is 4.59.